The number of carbonyl (C=O) groups is 1. The molecule has 0 aliphatic carbocycles. The van der Waals surface area contributed by atoms with Crippen molar-refractivity contribution in [2.24, 2.45) is 0 Å². The van der Waals surface area contributed by atoms with Gasteiger partial charge in [-0.3, -0.25) is 4.79 Å². The van der Waals surface area contributed by atoms with E-state index < -0.39 is 0 Å². The highest BCUT2D eigenvalue weighted by Crippen LogP contribution is 2.13. The van der Waals surface area contributed by atoms with Crippen LogP contribution in [-0.2, 0) is 4.79 Å². The zero-order chi connectivity index (χ0) is 11.1. The number of nitrogens with one attached hydrogen (secondary N) is 1. The number of hydrogen-bond donors (Lipinski definition) is 2. The zero-order valence-corrected chi connectivity index (χ0v) is 8.82. The second kappa shape index (κ2) is 5.90. The maximum atomic E-state index is 10.9. The van der Waals surface area contributed by atoms with E-state index in [1.54, 1.807) is 12.1 Å². The first-order chi connectivity index (χ1) is 7.22. The number of hydrogen-bond acceptors (Lipinski definition) is 3. The Kier molecular flexibility index (Phi) is 4.47. The maximum absolute atomic E-state index is 10.9. The average Bonchev–Trinajstić information content (AvgIpc) is 2.24. The molecule has 0 spiro atoms. The third kappa shape index (κ3) is 4.35. The van der Waals surface area contributed by atoms with Crippen LogP contribution < -0.4 is 15.8 Å². The van der Waals surface area contributed by atoms with Crippen molar-refractivity contribution in [2.45, 2.75) is 13.3 Å². The smallest absolute Gasteiger partial charge is 0.219 e. The van der Waals surface area contributed by atoms with Crippen molar-refractivity contribution in [1.29, 1.82) is 0 Å². The van der Waals surface area contributed by atoms with Crippen molar-refractivity contribution in [3.05, 3.63) is 24.3 Å². The van der Waals surface area contributed by atoms with Gasteiger partial charge in [-0.1, -0.05) is 13.0 Å². The highest BCUT2D eigenvalue weighted by molar-refractivity contribution is 5.75. The van der Waals surface area contributed by atoms with Gasteiger partial charge in [0.15, 0.2) is 0 Å². The molecular formula is C11H16N2O2. The quantitative estimate of drug-likeness (QED) is 0.564. The van der Waals surface area contributed by atoms with Gasteiger partial charge in [-0.15, -0.1) is 0 Å². The third-order valence-corrected chi connectivity index (χ3v) is 1.87. The molecule has 1 amide bonds. The Labute approximate surface area is 89.4 Å². The minimum absolute atomic E-state index is 0.0335. The van der Waals surface area contributed by atoms with Gasteiger partial charge in [-0.2, -0.15) is 0 Å². The minimum Gasteiger partial charge on any atom is -0.492 e. The molecule has 0 aromatic heterocycles. The van der Waals surface area contributed by atoms with Crippen LogP contribution in [-0.4, -0.2) is 19.1 Å². The summed E-state index contributed by atoms with van der Waals surface area (Å²) in [6.07, 6.45) is 0.498. The summed E-state index contributed by atoms with van der Waals surface area (Å²) in [7, 11) is 0. The Morgan fingerprint density at radius 1 is 1.53 bits per heavy atom. The van der Waals surface area contributed by atoms with E-state index in [9.17, 15) is 4.79 Å². The maximum Gasteiger partial charge on any atom is 0.219 e. The SMILES string of the molecule is CCC(=O)NCCOc1cccc(N)c1. The molecule has 0 unspecified atom stereocenters. The van der Waals surface area contributed by atoms with Crippen molar-refractivity contribution < 1.29 is 9.53 Å². The molecule has 0 aliphatic heterocycles. The van der Waals surface area contributed by atoms with E-state index in [1.165, 1.54) is 0 Å². The number of rotatable bonds is 5. The van der Waals surface area contributed by atoms with Crippen LogP contribution >= 0.6 is 0 Å². The van der Waals surface area contributed by atoms with Gasteiger partial charge in [0.05, 0.1) is 6.54 Å². The third-order valence-electron chi connectivity index (χ3n) is 1.87. The molecule has 1 aromatic carbocycles. The van der Waals surface area contributed by atoms with Crippen LogP contribution in [0.15, 0.2) is 24.3 Å². The molecule has 0 heterocycles. The van der Waals surface area contributed by atoms with Gasteiger partial charge in [-0.25, -0.2) is 0 Å². The molecule has 4 heteroatoms. The molecule has 4 nitrogen and oxygen atoms in total. The lowest BCUT2D eigenvalue weighted by Gasteiger charge is -2.07. The molecule has 0 radical (unpaired) electrons. The number of benzene rings is 1. The molecule has 0 aliphatic rings. The molecule has 15 heavy (non-hydrogen) atoms. The average molecular weight is 208 g/mol. The first-order valence-electron chi connectivity index (χ1n) is 4.97. The number of ether oxygens (including phenoxy) is 1. The van der Waals surface area contributed by atoms with Gasteiger partial charge in [0.2, 0.25) is 5.91 Å². The van der Waals surface area contributed by atoms with Crippen LogP contribution in [0.2, 0.25) is 0 Å². The number of amides is 1. The van der Waals surface area contributed by atoms with Crippen LogP contribution in [0.1, 0.15) is 13.3 Å². The van der Waals surface area contributed by atoms with Crippen molar-refractivity contribution in [1.82, 2.24) is 5.32 Å². The highest BCUT2D eigenvalue weighted by atomic mass is 16.5. The second-order valence-corrected chi connectivity index (χ2v) is 3.12. The van der Waals surface area contributed by atoms with Crippen LogP contribution in [0.4, 0.5) is 5.69 Å². The summed E-state index contributed by atoms with van der Waals surface area (Å²) in [5.74, 6) is 0.756. The molecule has 0 fully saturated rings. The lowest BCUT2D eigenvalue weighted by Crippen LogP contribution is -2.27. The largest absolute Gasteiger partial charge is 0.492 e. The first kappa shape index (κ1) is 11.4. The Bertz CT molecular complexity index is 326. The molecule has 0 saturated heterocycles. The van der Waals surface area contributed by atoms with Crippen LogP contribution in [0.25, 0.3) is 0 Å². The van der Waals surface area contributed by atoms with Gasteiger partial charge in [0.25, 0.3) is 0 Å². The summed E-state index contributed by atoms with van der Waals surface area (Å²) in [6, 6.07) is 7.21. The van der Waals surface area contributed by atoms with E-state index in [-0.39, 0.29) is 5.91 Å². The van der Waals surface area contributed by atoms with E-state index in [0.29, 0.717) is 25.3 Å². The number of nitrogens with two attached hydrogens (primary N) is 1. The molecule has 1 aromatic rings. The fraction of sp³-hybridized carbons (Fsp3) is 0.364. The predicted molar refractivity (Wildman–Crippen MR) is 59.7 cm³/mol. The topological polar surface area (TPSA) is 64.3 Å². The van der Waals surface area contributed by atoms with E-state index in [4.69, 9.17) is 10.5 Å². The summed E-state index contributed by atoms with van der Waals surface area (Å²) in [6.45, 7) is 2.78. The van der Waals surface area contributed by atoms with E-state index in [2.05, 4.69) is 5.32 Å². The van der Waals surface area contributed by atoms with E-state index >= 15 is 0 Å². The fourth-order valence-corrected chi connectivity index (χ4v) is 1.09. The van der Waals surface area contributed by atoms with Gasteiger partial charge >= 0.3 is 0 Å². The Morgan fingerprint density at radius 3 is 3.00 bits per heavy atom. The summed E-state index contributed by atoms with van der Waals surface area (Å²) in [5, 5.41) is 2.72. The fourth-order valence-electron chi connectivity index (χ4n) is 1.09. The predicted octanol–water partition coefficient (Wildman–Crippen LogP) is 1.17. The molecule has 0 atom stereocenters. The van der Waals surface area contributed by atoms with Gasteiger partial charge < -0.3 is 15.8 Å². The lowest BCUT2D eigenvalue weighted by molar-refractivity contribution is -0.120. The van der Waals surface area contributed by atoms with E-state index in [1.807, 2.05) is 19.1 Å². The molecule has 3 N–H and O–H groups in total. The molecule has 0 bridgehead atoms. The van der Waals surface area contributed by atoms with Gasteiger partial charge in [-0.05, 0) is 12.1 Å². The van der Waals surface area contributed by atoms with Crippen molar-refractivity contribution in [3.63, 3.8) is 0 Å². The van der Waals surface area contributed by atoms with Crippen LogP contribution in [0, 0.1) is 0 Å². The number of nitrogen functional groups attached to an aromatic ring is 1. The highest BCUT2D eigenvalue weighted by Gasteiger charge is 1.96. The van der Waals surface area contributed by atoms with Crippen LogP contribution in [0.3, 0.4) is 0 Å². The zero-order valence-electron chi connectivity index (χ0n) is 8.82. The Morgan fingerprint density at radius 2 is 2.33 bits per heavy atom. The normalized spacial score (nSPS) is 9.67. The molecular weight excluding hydrogens is 192 g/mol. The number of anilines is 1. The van der Waals surface area contributed by atoms with E-state index in [0.717, 1.165) is 5.75 Å². The Balaban J connectivity index is 2.23. The molecule has 0 saturated carbocycles. The first-order valence-corrected chi connectivity index (χ1v) is 4.97. The van der Waals surface area contributed by atoms with Gasteiger partial charge in [0, 0.05) is 18.2 Å². The monoisotopic (exact) mass is 208 g/mol. The van der Waals surface area contributed by atoms with Crippen molar-refractivity contribution in [2.75, 3.05) is 18.9 Å². The van der Waals surface area contributed by atoms with Crippen molar-refractivity contribution >= 4 is 11.6 Å². The van der Waals surface area contributed by atoms with Gasteiger partial charge in [0.1, 0.15) is 12.4 Å². The summed E-state index contributed by atoms with van der Waals surface area (Å²) >= 11 is 0. The summed E-state index contributed by atoms with van der Waals surface area (Å²) in [5.41, 5.74) is 6.25. The molecule has 1 rings (SSSR count). The van der Waals surface area contributed by atoms with Crippen LogP contribution in [0.5, 0.6) is 5.75 Å². The second-order valence-electron chi connectivity index (χ2n) is 3.12. The summed E-state index contributed by atoms with van der Waals surface area (Å²) < 4.78 is 5.39. The summed E-state index contributed by atoms with van der Waals surface area (Å²) in [4.78, 5) is 10.9. The van der Waals surface area contributed by atoms with Crippen molar-refractivity contribution in [3.8, 4) is 5.75 Å². The Hall–Kier alpha value is -1.71. The minimum atomic E-state index is 0.0335. The molecule has 82 valence electrons. The standard InChI is InChI=1S/C11H16N2O2/c1-2-11(14)13-6-7-15-10-5-3-4-9(12)8-10/h3-5,8H,2,6-7,12H2,1H3,(H,13,14). The number of carbonyl (C=O) groups excluding carboxylic acids is 1. The lowest BCUT2D eigenvalue weighted by atomic mass is 10.3.